The Morgan fingerprint density at radius 1 is 1.62 bits per heavy atom. The first-order valence-electron chi connectivity index (χ1n) is 3.76. The second-order valence-corrected chi connectivity index (χ2v) is 2.60. The van der Waals surface area contributed by atoms with E-state index in [1.807, 2.05) is 0 Å². The lowest BCUT2D eigenvalue weighted by atomic mass is 10.1. The van der Waals surface area contributed by atoms with Crippen molar-refractivity contribution in [3.8, 4) is 0 Å². The highest BCUT2D eigenvalue weighted by molar-refractivity contribution is 5.85. The Kier molecular flexibility index (Phi) is 5.29. The van der Waals surface area contributed by atoms with Crippen molar-refractivity contribution >= 4 is 5.97 Å². The van der Waals surface area contributed by atoms with Crippen LogP contribution in [0.1, 0.15) is 6.92 Å². The average Bonchev–Trinajstić information content (AvgIpc) is 2.06. The number of carbonyl (C=O) groups is 1. The van der Waals surface area contributed by atoms with Crippen LogP contribution in [0.15, 0.2) is 11.6 Å². The number of aliphatic carboxylic acids is 1. The van der Waals surface area contributed by atoms with Gasteiger partial charge >= 0.3 is 5.97 Å². The second-order valence-electron chi connectivity index (χ2n) is 2.60. The molecule has 0 bridgehead atoms. The Hall–Kier alpha value is -0.910. The molecule has 76 valence electrons. The largest absolute Gasteiger partial charge is 0.478 e. The molecule has 0 aromatic carbocycles. The molecule has 0 amide bonds. The van der Waals surface area contributed by atoms with Gasteiger partial charge in [0.1, 0.15) is 12.2 Å². The topological polar surface area (TPSA) is 87.0 Å². The average molecular weight is 190 g/mol. The van der Waals surface area contributed by atoms with Crippen LogP contribution in [0, 0.1) is 0 Å². The molecule has 0 saturated carbocycles. The summed E-state index contributed by atoms with van der Waals surface area (Å²) in [5.41, 5.74) is 0.0167. The summed E-state index contributed by atoms with van der Waals surface area (Å²) in [7, 11) is 1.33. The van der Waals surface area contributed by atoms with Crippen molar-refractivity contribution in [1.82, 2.24) is 0 Å². The third-order valence-electron chi connectivity index (χ3n) is 1.62. The molecule has 2 unspecified atom stereocenters. The van der Waals surface area contributed by atoms with E-state index in [2.05, 4.69) is 0 Å². The van der Waals surface area contributed by atoms with Crippen molar-refractivity contribution in [2.45, 2.75) is 19.1 Å². The van der Waals surface area contributed by atoms with E-state index >= 15 is 0 Å². The molecule has 0 heterocycles. The van der Waals surface area contributed by atoms with E-state index in [0.29, 0.717) is 0 Å². The minimum Gasteiger partial charge on any atom is -0.478 e. The lowest BCUT2D eigenvalue weighted by Gasteiger charge is -2.16. The Morgan fingerprint density at radius 3 is 2.46 bits per heavy atom. The summed E-state index contributed by atoms with van der Waals surface area (Å²) < 4.78 is 4.70. The zero-order valence-corrected chi connectivity index (χ0v) is 7.60. The molecule has 0 rings (SSSR count). The van der Waals surface area contributed by atoms with Crippen molar-refractivity contribution < 1.29 is 24.9 Å². The molecule has 0 fully saturated rings. The first-order valence-corrected chi connectivity index (χ1v) is 3.76. The van der Waals surface area contributed by atoms with Gasteiger partial charge in [0.15, 0.2) is 0 Å². The van der Waals surface area contributed by atoms with E-state index in [-0.39, 0.29) is 12.2 Å². The predicted octanol–water partition coefficient (Wildman–Crippen LogP) is -0.615. The molecule has 5 heteroatoms. The van der Waals surface area contributed by atoms with Gasteiger partial charge in [-0.05, 0) is 13.0 Å². The molecule has 3 N–H and O–H groups in total. The first-order chi connectivity index (χ1) is 6.02. The summed E-state index contributed by atoms with van der Waals surface area (Å²) in [5, 5.41) is 26.5. The maximum atomic E-state index is 10.4. The molecule has 0 aliphatic heterocycles. The smallest absolute Gasteiger partial charge is 0.331 e. The van der Waals surface area contributed by atoms with Crippen LogP contribution in [0.25, 0.3) is 0 Å². The van der Waals surface area contributed by atoms with Crippen LogP contribution in [0.5, 0.6) is 0 Å². The fraction of sp³-hybridized carbons (Fsp3) is 0.625. The molecule has 13 heavy (non-hydrogen) atoms. The number of hydrogen-bond donors (Lipinski definition) is 3. The highest BCUT2D eigenvalue weighted by atomic mass is 16.5. The van der Waals surface area contributed by atoms with Crippen LogP contribution in [-0.2, 0) is 9.53 Å². The molecular formula is C8H14O5. The van der Waals surface area contributed by atoms with E-state index in [0.717, 1.165) is 6.08 Å². The van der Waals surface area contributed by atoms with Crippen molar-refractivity contribution in [2.75, 3.05) is 13.7 Å². The Bertz CT molecular complexity index is 195. The van der Waals surface area contributed by atoms with E-state index in [9.17, 15) is 9.90 Å². The van der Waals surface area contributed by atoms with Gasteiger partial charge < -0.3 is 20.1 Å². The lowest BCUT2D eigenvalue weighted by Crippen LogP contribution is -2.30. The quantitative estimate of drug-likeness (QED) is 0.503. The van der Waals surface area contributed by atoms with E-state index in [4.69, 9.17) is 14.9 Å². The van der Waals surface area contributed by atoms with Gasteiger partial charge in [0.2, 0.25) is 0 Å². The summed E-state index contributed by atoms with van der Waals surface area (Å²) in [6, 6.07) is 0. The monoisotopic (exact) mass is 190 g/mol. The van der Waals surface area contributed by atoms with Crippen molar-refractivity contribution in [3.05, 3.63) is 11.6 Å². The molecule has 0 saturated heterocycles. The summed E-state index contributed by atoms with van der Waals surface area (Å²) in [6.07, 6.45) is -0.757. The highest BCUT2D eigenvalue weighted by Gasteiger charge is 2.16. The fourth-order valence-electron chi connectivity index (χ4n) is 0.757. The fourth-order valence-corrected chi connectivity index (χ4v) is 0.757. The second kappa shape index (κ2) is 5.69. The number of ether oxygens (including phenoxy) is 1. The van der Waals surface area contributed by atoms with Crippen LogP contribution in [0.4, 0.5) is 0 Å². The molecule has 0 aliphatic carbocycles. The van der Waals surface area contributed by atoms with Crippen molar-refractivity contribution in [1.29, 1.82) is 0 Å². The first kappa shape index (κ1) is 12.1. The Morgan fingerprint density at radius 2 is 2.15 bits per heavy atom. The SMILES string of the molecule is COC(CO)C(O)C=C(C)C(=O)O. The molecule has 0 radical (unpaired) electrons. The summed E-state index contributed by atoms with van der Waals surface area (Å²) in [6.45, 7) is 0.997. The van der Waals surface area contributed by atoms with Crippen LogP contribution < -0.4 is 0 Å². The van der Waals surface area contributed by atoms with Crippen LogP contribution >= 0.6 is 0 Å². The Labute approximate surface area is 76.3 Å². The molecule has 5 nitrogen and oxygen atoms in total. The zero-order chi connectivity index (χ0) is 10.4. The number of carboxylic acid groups (broad SMARTS) is 1. The Balaban J connectivity index is 4.33. The van der Waals surface area contributed by atoms with Crippen LogP contribution in [-0.4, -0.2) is 47.2 Å². The number of carboxylic acids is 1. The molecule has 2 atom stereocenters. The van der Waals surface area contributed by atoms with Gasteiger partial charge in [0.25, 0.3) is 0 Å². The maximum absolute atomic E-state index is 10.4. The van der Waals surface area contributed by atoms with Gasteiger partial charge in [-0.2, -0.15) is 0 Å². The van der Waals surface area contributed by atoms with Gasteiger partial charge in [-0.25, -0.2) is 4.79 Å². The van der Waals surface area contributed by atoms with Gasteiger partial charge in [0, 0.05) is 12.7 Å². The minimum atomic E-state index is -1.11. The molecule has 0 aliphatic rings. The van der Waals surface area contributed by atoms with Gasteiger partial charge in [-0.1, -0.05) is 0 Å². The van der Waals surface area contributed by atoms with E-state index < -0.39 is 18.2 Å². The number of aliphatic hydroxyl groups excluding tert-OH is 2. The minimum absolute atomic E-state index is 0.0167. The van der Waals surface area contributed by atoms with Gasteiger partial charge in [-0.15, -0.1) is 0 Å². The normalized spacial score (nSPS) is 16.8. The third-order valence-corrected chi connectivity index (χ3v) is 1.62. The van der Waals surface area contributed by atoms with Crippen molar-refractivity contribution in [3.63, 3.8) is 0 Å². The van der Waals surface area contributed by atoms with E-state index in [1.165, 1.54) is 14.0 Å². The van der Waals surface area contributed by atoms with Crippen LogP contribution in [0.2, 0.25) is 0 Å². The number of aliphatic hydroxyl groups is 2. The van der Waals surface area contributed by atoms with Gasteiger partial charge in [0.05, 0.1) is 6.61 Å². The molecular weight excluding hydrogens is 176 g/mol. The zero-order valence-electron chi connectivity index (χ0n) is 7.60. The maximum Gasteiger partial charge on any atom is 0.331 e. The predicted molar refractivity (Wildman–Crippen MR) is 45.3 cm³/mol. The number of rotatable bonds is 5. The standard InChI is InChI=1S/C8H14O5/c1-5(8(11)12)3-6(10)7(4-9)13-2/h3,6-7,9-10H,4H2,1-2H3,(H,11,12). The van der Waals surface area contributed by atoms with Gasteiger partial charge in [-0.3, -0.25) is 0 Å². The van der Waals surface area contributed by atoms with Crippen LogP contribution in [0.3, 0.4) is 0 Å². The summed E-state index contributed by atoms with van der Waals surface area (Å²) in [5.74, 6) is -1.10. The van der Waals surface area contributed by atoms with E-state index in [1.54, 1.807) is 0 Å². The molecule has 0 aromatic rings. The number of methoxy groups -OCH3 is 1. The highest BCUT2D eigenvalue weighted by Crippen LogP contribution is 2.03. The molecule has 0 spiro atoms. The lowest BCUT2D eigenvalue weighted by molar-refractivity contribution is -0.132. The molecule has 0 aromatic heterocycles. The summed E-state index contributed by atoms with van der Waals surface area (Å²) >= 11 is 0. The summed E-state index contributed by atoms with van der Waals surface area (Å²) in [4.78, 5) is 10.4. The van der Waals surface area contributed by atoms with Crippen molar-refractivity contribution in [2.24, 2.45) is 0 Å². The number of hydrogen-bond acceptors (Lipinski definition) is 4. The third kappa shape index (κ3) is 4.02.